The predicted octanol–water partition coefficient (Wildman–Crippen LogP) is 5.10. The smallest absolute Gasteiger partial charge is 0.306 e. The molecule has 0 aromatic heterocycles. The van der Waals surface area contributed by atoms with Crippen molar-refractivity contribution in [2.24, 2.45) is 10.8 Å². The van der Waals surface area contributed by atoms with Gasteiger partial charge in [0.15, 0.2) is 11.5 Å². The number of carbonyl (C=O) groups is 2. The molecule has 3 fully saturated rings. The lowest BCUT2D eigenvalue weighted by molar-refractivity contribution is -0.168. The molecule has 1 amide bonds. The molecule has 0 saturated heterocycles. The zero-order valence-corrected chi connectivity index (χ0v) is 20.1. The minimum absolute atomic E-state index is 0.0281. The van der Waals surface area contributed by atoms with Crippen LogP contribution in [0.2, 0.25) is 5.02 Å². The second kappa shape index (κ2) is 7.28. The maximum Gasteiger partial charge on any atom is 0.306 e. The van der Waals surface area contributed by atoms with Crippen LogP contribution in [0.3, 0.4) is 0 Å². The number of hydrogen-bond acceptors (Lipinski definition) is 5. The summed E-state index contributed by atoms with van der Waals surface area (Å²) >= 11 is 6.71. The summed E-state index contributed by atoms with van der Waals surface area (Å²) in [5, 5.41) is 3.41. The van der Waals surface area contributed by atoms with Crippen molar-refractivity contribution in [2.75, 3.05) is 6.54 Å². The average molecular weight is 462 g/mol. The van der Waals surface area contributed by atoms with Crippen molar-refractivity contribution in [1.29, 1.82) is 0 Å². The van der Waals surface area contributed by atoms with Crippen LogP contribution in [-0.4, -0.2) is 30.3 Å². The number of ether oxygens (including phenoxy) is 3. The van der Waals surface area contributed by atoms with E-state index in [0.29, 0.717) is 41.5 Å². The lowest BCUT2D eigenvalue weighted by Crippen LogP contribution is -2.51. The van der Waals surface area contributed by atoms with Gasteiger partial charge in [0.1, 0.15) is 5.60 Å². The topological polar surface area (TPSA) is 73.9 Å². The van der Waals surface area contributed by atoms with Crippen LogP contribution in [0.5, 0.6) is 11.5 Å². The maximum absolute atomic E-state index is 12.5. The number of amides is 1. The van der Waals surface area contributed by atoms with Crippen LogP contribution in [0.1, 0.15) is 87.2 Å². The molecule has 3 aliphatic carbocycles. The fraction of sp³-hybridized carbons (Fsp3) is 0.680. The number of halogens is 1. The van der Waals surface area contributed by atoms with Gasteiger partial charge in [-0.25, -0.2) is 0 Å². The minimum Gasteiger partial charge on any atom is -0.460 e. The molecule has 3 saturated carbocycles. The van der Waals surface area contributed by atoms with Crippen LogP contribution < -0.4 is 14.8 Å². The van der Waals surface area contributed by atoms with E-state index in [1.54, 1.807) is 0 Å². The molecular weight excluding hydrogens is 430 g/mol. The molecule has 0 radical (unpaired) electrons. The standard InChI is InChI=1S/C25H32ClNO5/c1-14-17-15(5-12-27-21(17)29)18(26)20-19(14)30-22(31-20)25-9-6-24(7-10-25,8-11-25)13-16(28)32-23(2,3)4/h22H,5-13H2,1-4H3,(H,27,29). The summed E-state index contributed by atoms with van der Waals surface area (Å²) in [7, 11) is 0. The zero-order valence-electron chi connectivity index (χ0n) is 19.4. The highest BCUT2D eigenvalue weighted by atomic mass is 35.5. The van der Waals surface area contributed by atoms with Gasteiger partial charge in [-0.1, -0.05) is 11.6 Å². The summed E-state index contributed by atoms with van der Waals surface area (Å²) < 4.78 is 18.4. The van der Waals surface area contributed by atoms with Crippen molar-refractivity contribution in [3.8, 4) is 11.5 Å². The van der Waals surface area contributed by atoms with E-state index in [2.05, 4.69) is 5.32 Å². The third-order valence-corrected chi connectivity index (χ3v) is 8.32. The van der Waals surface area contributed by atoms with Gasteiger partial charge in [0.05, 0.1) is 17.0 Å². The highest BCUT2D eigenvalue weighted by Crippen LogP contribution is 2.62. The second-order valence-electron chi connectivity index (χ2n) is 11.1. The Morgan fingerprint density at radius 3 is 2.38 bits per heavy atom. The number of hydrogen-bond donors (Lipinski definition) is 1. The molecule has 5 aliphatic rings. The average Bonchev–Trinajstić information content (AvgIpc) is 3.18. The third-order valence-electron chi connectivity index (χ3n) is 7.92. The molecule has 7 heteroatoms. The van der Waals surface area contributed by atoms with Crippen molar-refractivity contribution < 1.29 is 23.8 Å². The summed E-state index contributed by atoms with van der Waals surface area (Å²) in [6, 6.07) is 0. The minimum atomic E-state index is -0.453. The Bertz CT molecular complexity index is 971. The molecule has 6 rings (SSSR count). The van der Waals surface area contributed by atoms with Crippen molar-refractivity contribution in [2.45, 2.75) is 91.0 Å². The number of esters is 1. The largest absolute Gasteiger partial charge is 0.460 e. The van der Waals surface area contributed by atoms with Crippen molar-refractivity contribution >= 4 is 23.5 Å². The highest BCUT2D eigenvalue weighted by molar-refractivity contribution is 6.34. The molecule has 2 heterocycles. The van der Waals surface area contributed by atoms with Gasteiger partial charge in [0.2, 0.25) is 6.29 Å². The van der Waals surface area contributed by atoms with Crippen LogP contribution in [0.4, 0.5) is 0 Å². The summed E-state index contributed by atoms with van der Waals surface area (Å²) in [6.07, 6.45) is 6.54. The first-order chi connectivity index (χ1) is 15.0. The molecular formula is C25H32ClNO5. The lowest BCUT2D eigenvalue weighted by atomic mass is 9.52. The highest BCUT2D eigenvalue weighted by Gasteiger charge is 2.56. The number of carbonyl (C=O) groups excluding carboxylic acids is 2. The quantitative estimate of drug-likeness (QED) is 0.633. The fourth-order valence-electron chi connectivity index (χ4n) is 6.12. The Morgan fingerprint density at radius 1 is 1.12 bits per heavy atom. The van der Waals surface area contributed by atoms with Crippen LogP contribution in [0.15, 0.2) is 0 Å². The second-order valence-corrected chi connectivity index (χ2v) is 11.5. The van der Waals surface area contributed by atoms with Crippen LogP contribution in [-0.2, 0) is 16.0 Å². The van der Waals surface area contributed by atoms with E-state index in [-0.39, 0.29) is 22.7 Å². The van der Waals surface area contributed by atoms with Gasteiger partial charge in [-0.15, -0.1) is 0 Å². The van der Waals surface area contributed by atoms with E-state index in [1.165, 1.54) is 0 Å². The van der Waals surface area contributed by atoms with E-state index in [1.807, 2.05) is 27.7 Å². The SMILES string of the molecule is Cc1c2c(c(Cl)c3c1C(=O)NCC3)OC(C13CCC(CC(=O)OC(C)(C)C)(CC1)CC3)O2. The first-order valence-corrected chi connectivity index (χ1v) is 12.1. The molecule has 32 heavy (non-hydrogen) atoms. The zero-order chi connectivity index (χ0) is 22.9. The van der Waals surface area contributed by atoms with Gasteiger partial charge < -0.3 is 19.5 Å². The molecule has 2 aliphatic heterocycles. The fourth-order valence-corrected chi connectivity index (χ4v) is 6.44. The van der Waals surface area contributed by atoms with E-state index < -0.39 is 11.9 Å². The van der Waals surface area contributed by atoms with Crippen molar-refractivity contribution in [3.05, 3.63) is 21.7 Å². The molecule has 6 nitrogen and oxygen atoms in total. The van der Waals surface area contributed by atoms with Gasteiger partial charge in [0.25, 0.3) is 5.91 Å². The summed E-state index contributed by atoms with van der Waals surface area (Å²) in [5.41, 5.74) is 1.78. The maximum atomic E-state index is 12.5. The van der Waals surface area contributed by atoms with Crippen molar-refractivity contribution in [1.82, 2.24) is 5.32 Å². The number of fused-ring (bicyclic) bond motifs is 5. The first-order valence-electron chi connectivity index (χ1n) is 11.7. The molecule has 2 bridgehead atoms. The van der Waals surface area contributed by atoms with Gasteiger partial charge in [-0.2, -0.15) is 0 Å². The van der Waals surface area contributed by atoms with E-state index in [4.69, 9.17) is 25.8 Å². The molecule has 1 aromatic carbocycles. The van der Waals surface area contributed by atoms with Crippen LogP contribution >= 0.6 is 11.6 Å². The van der Waals surface area contributed by atoms with Gasteiger partial charge in [-0.3, -0.25) is 9.59 Å². The Balaban J connectivity index is 1.34. The number of benzene rings is 1. The molecule has 1 N–H and O–H groups in total. The summed E-state index contributed by atoms with van der Waals surface area (Å²) in [6.45, 7) is 8.23. The number of nitrogens with one attached hydrogen (secondary N) is 1. The van der Waals surface area contributed by atoms with Gasteiger partial charge in [0, 0.05) is 17.5 Å². The molecule has 0 spiro atoms. The molecule has 1 aromatic rings. The Hall–Kier alpha value is -1.95. The van der Waals surface area contributed by atoms with E-state index >= 15 is 0 Å². The lowest BCUT2D eigenvalue weighted by Gasteiger charge is -2.54. The van der Waals surface area contributed by atoms with E-state index in [9.17, 15) is 9.59 Å². The summed E-state index contributed by atoms with van der Waals surface area (Å²) in [5.74, 6) is 1.01. The normalized spacial score (nSPS) is 30.7. The monoisotopic (exact) mass is 461 g/mol. The van der Waals surface area contributed by atoms with E-state index in [0.717, 1.165) is 49.7 Å². The van der Waals surface area contributed by atoms with Crippen LogP contribution in [0.25, 0.3) is 0 Å². The summed E-state index contributed by atoms with van der Waals surface area (Å²) in [4.78, 5) is 25.0. The molecule has 174 valence electrons. The molecule has 1 unspecified atom stereocenters. The predicted molar refractivity (Wildman–Crippen MR) is 120 cm³/mol. The van der Waals surface area contributed by atoms with Gasteiger partial charge in [-0.05, 0) is 83.6 Å². The molecule has 1 atom stereocenters. The Labute approximate surface area is 194 Å². The Morgan fingerprint density at radius 2 is 1.75 bits per heavy atom. The Kier molecular flexibility index (Phi) is 4.97. The van der Waals surface area contributed by atoms with Gasteiger partial charge >= 0.3 is 5.97 Å². The number of rotatable bonds is 3. The van der Waals surface area contributed by atoms with Crippen molar-refractivity contribution in [3.63, 3.8) is 0 Å². The third kappa shape index (κ3) is 3.46. The van der Waals surface area contributed by atoms with Crippen LogP contribution in [0, 0.1) is 17.8 Å². The first kappa shape index (κ1) is 21.9.